The van der Waals surface area contributed by atoms with E-state index < -0.39 is 126 Å². The molecule has 7 atom stereocenters. The van der Waals surface area contributed by atoms with E-state index >= 15 is 0 Å². The highest BCUT2D eigenvalue weighted by molar-refractivity contribution is 5.92. The molecule has 1 aliphatic carbocycles. The van der Waals surface area contributed by atoms with Gasteiger partial charge in [-0.1, -0.05) is 58.2 Å². The van der Waals surface area contributed by atoms with E-state index in [4.69, 9.17) is 14.5 Å². The van der Waals surface area contributed by atoms with E-state index in [0.717, 1.165) is 17.4 Å². The van der Waals surface area contributed by atoms with Gasteiger partial charge in [0.05, 0.1) is 48.0 Å². The number of carbonyl (C=O) groups excluding carboxylic acids is 9. The second-order valence-corrected chi connectivity index (χ2v) is 19.4. The number of pyridine rings is 2. The summed E-state index contributed by atoms with van der Waals surface area (Å²) in [5, 5.41) is 56.7. The number of rotatable bonds is 28. The van der Waals surface area contributed by atoms with E-state index in [1.54, 1.807) is 19.9 Å². The van der Waals surface area contributed by atoms with Crippen LogP contribution in [0.4, 0.5) is 0 Å². The van der Waals surface area contributed by atoms with Crippen molar-refractivity contribution in [2.24, 2.45) is 35.5 Å². The first kappa shape index (κ1) is 56.6. The Balaban J connectivity index is 0.988. The van der Waals surface area contributed by atoms with E-state index in [1.807, 2.05) is 30.3 Å². The first-order valence-corrected chi connectivity index (χ1v) is 25.2. The lowest BCUT2D eigenvalue weighted by Crippen LogP contribution is -2.49. The number of carboxylic acid groups (broad SMARTS) is 4. The molecule has 23 nitrogen and oxygen atoms in total. The van der Waals surface area contributed by atoms with Crippen molar-refractivity contribution in [2.45, 2.75) is 123 Å². The zero-order valence-electron chi connectivity index (χ0n) is 41.9. The summed E-state index contributed by atoms with van der Waals surface area (Å²) in [7, 11) is 0. The molecule has 0 radical (unpaired) electrons. The molecule has 5 N–H and O–H groups in total. The Kier molecular flexibility index (Phi) is 18.9. The van der Waals surface area contributed by atoms with Gasteiger partial charge in [0.25, 0.3) is 5.56 Å². The summed E-state index contributed by atoms with van der Waals surface area (Å²) in [6, 6.07) is 10.8. The highest BCUT2D eigenvalue weighted by Crippen LogP contribution is 2.41. The molecule has 1 saturated carbocycles. The number of fused-ring (bicyclic) bond motifs is 5. The standard InChI is InChI=1S/C52H64N6O17/c1-4-11-33(48(67)68)35(50(71)72)18-10-17-34(49(69)70)32(45(63)56-30-13-8-14-30)16-9-15-31(47(65)66)27(3)44(62)55-23-41(60)53-22-40(59)54-24-42(61)75-52(5-2)37-21-39-43-29(20-28-12-6-7-19-38(28)57-43)25-58(39)46(64)36(37)26-74-51(52)73/h6-7,12,19-21,27,30-35H,4-5,8-11,13-18,22-26H2,1-3H3,(H,53,60)(H,54,59)(H,55,62)(H,56,63)(H,65,66)(H,67,68)(H,69,70)(H,71,72)/p-3/t27?,31?,32?,33?,34?,35?,52-/m0/s1. The first-order valence-electron chi connectivity index (χ1n) is 25.2. The first-order chi connectivity index (χ1) is 35.7. The quantitative estimate of drug-likeness (QED) is 0.0419. The van der Waals surface area contributed by atoms with Gasteiger partial charge in [0, 0.05) is 70.1 Å². The van der Waals surface area contributed by atoms with E-state index in [-0.39, 0.29) is 81.7 Å². The molecule has 75 heavy (non-hydrogen) atoms. The number of aromatic nitrogens is 2. The molecule has 0 saturated heterocycles. The Morgan fingerprint density at radius 1 is 0.787 bits per heavy atom. The smallest absolute Gasteiger partial charge is 0.355 e. The number of carbonyl (C=O) groups is 10. The maximum Gasteiger partial charge on any atom is 0.355 e. The van der Waals surface area contributed by atoms with Gasteiger partial charge in [-0.05, 0) is 76.0 Å². The van der Waals surface area contributed by atoms with Crippen molar-refractivity contribution < 1.29 is 77.8 Å². The third kappa shape index (κ3) is 13.2. The maximum absolute atomic E-state index is 13.8. The van der Waals surface area contributed by atoms with Gasteiger partial charge in [-0.3, -0.25) is 33.6 Å². The van der Waals surface area contributed by atoms with Crippen molar-refractivity contribution >= 4 is 70.3 Å². The topological polar surface area (TPSA) is 362 Å². The summed E-state index contributed by atoms with van der Waals surface area (Å²) in [5.74, 6) is -19.6. The molecule has 4 heterocycles. The third-order valence-corrected chi connectivity index (χ3v) is 14.6. The average Bonchev–Trinajstić information content (AvgIpc) is 3.72. The lowest BCUT2D eigenvalue weighted by Gasteiger charge is -2.35. The Morgan fingerprint density at radius 3 is 1.97 bits per heavy atom. The number of cyclic esters (lactones) is 1. The van der Waals surface area contributed by atoms with Crippen LogP contribution in [0.2, 0.25) is 0 Å². The number of para-hydroxylation sites is 1. The van der Waals surface area contributed by atoms with Crippen molar-refractivity contribution in [1.82, 2.24) is 30.8 Å². The molecule has 23 heteroatoms. The molecule has 1 fully saturated rings. The van der Waals surface area contributed by atoms with E-state index in [1.165, 1.54) is 11.5 Å². The number of ether oxygens (including phenoxy) is 2. The number of aliphatic carboxylic acids is 4. The molecule has 3 aliphatic rings. The molecule has 3 aromatic rings. The molecular weight excluding hydrogens is 981 g/mol. The van der Waals surface area contributed by atoms with Crippen LogP contribution >= 0.6 is 0 Å². The Morgan fingerprint density at radius 2 is 1.37 bits per heavy atom. The van der Waals surface area contributed by atoms with E-state index in [0.29, 0.717) is 36.2 Å². The van der Waals surface area contributed by atoms with Crippen LogP contribution < -0.4 is 42.1 Å². The van der Waals surface area contributed by atoms with Crippen molar-refractivity contribution in [3.63, 3.8) is 0 Å². The van der Waals surface area contributed by atoms with Crippen LogP contribution in [0.1, 0.15) is 115 Å². The summed E-state index contributed by atoms with van der Waals surface area (Å²) < 4.78 is 12.6. The molecule has 4 amide bonds. The highest BCUT2D eigenvalue weighted by Gasteiger charge is 2.50. The SMILES string of the molecule is CCCC(C(=O)[O-])C(CCCC(C(=O)[O-])C(CCCC(C(=O)O)C(C)C(=O)NCC(=O)NCC(=O)NCC(=O)O[C@]1(CC)C(=O)OCc2c1cc1n(c2=O)Cc2cc3ccccc3nc2-1)C(=O)NC1CCC1)C(=O)[O-]. The van der Waals surface area contributed by atoms with Crippen LogP contribution in [0.15, 0.2) is 41.2 Å². The fraction of sp³-hybridized carbons (Fsp3) is 0.538. The van der Waals surface area contributed by atoms with Crippen molar-refractivity contribution in [3.8, 4) is 11.4 Å². The predicted octanol–water partition coefficient (Wildman–Crippen LogP) is -1.16. The lowest BCUT2D eigenvalue weighted by atomic mass is 9.79. The number of hydrogen-bond acceptors (Lipinski definition) is 17. The summed E-state index contributed by atoms with van der Waals surface area (Å²) >= 11 is 0. The van der Waals surface area contributed by atoms with Gasteiger partial charge in [-0.25, -0.2) is 9.78 Å². The van der Waals surface area contributed by atoms with Gasteiger partial charge in [-0.15, -0.1) is 0 Å². The van der Waals surface area contributed by atoms with Gasteiger partial charge in [0.15, 0.2) is 0 Å². The minimum atomic E-state index is -2.04. The average molecular weight is 1040 g/mol. The molecule has 2 aliphatic heterocycles. The lowest BCUT2D eigenvalue weighted by molar-refractivity contribution is -0.327. The maximum atomic E-state index is 13.8. The zero-order valence-corrected chi connectivity index (χ0v) is 41.9. The number of carboxylic acids is 4. The molecule has 0 spiro atoms. The van der Waals surface area contributed by atoms with Crippen LogP contribution in [0.5, 0.6) is 0 Å². The highest BCUT2D eigenvalue weighted by atomic mass is 16.6. The molecule has 6 unspecified atom stereocenters. The van der Waals surface area contributed by atoms with Gasteiger partial charge >= 0.3 is 17.9 Å². The molecular formula is C52H61N6O17-3. The van der Waals surface area contributed by atoms with Crippen LogP contribution in [-0.4, -0.2) is 99.8 Å². The number of hydrogen-bond donors (Lipinski definition) is 5. The number of nitrogens with one attached hydrogen (secondary N) is 4. The normalized spacial score (nSPS) is 17.9. The molecule has 0 bridgehead atoms. The van der Waals surface area contributed by atoms with Crippen LogP contribution in [0.25, 0.3) is 22.3 Å². The fourth-order valence-electron chi connectivity index (χ4n) is 10.1. The minimum absolute atomic E-state index is 0.00546. The molecule has 6 rings (SSSR count). The minimum Gasteiger partial charge on any atom is -0.550 e. The number of amides is 4. The van der Waals surface area contributed by atoms with Crippen LogP contribution in [0, 0.1) is 35.5 Å². The zero-order chi connectivity index (χ0) is 54.7. The number of benzene rings is 1. The summed E-state index contributed by atoms with van der Waals surface area (Å²) in [4.78, 5) is 146. The third-order valence-electron chi connectivity index (χ3n) is 14.6. The second-order valence-electron chi connectivity index (χ2n) is 19.4. The van der Waals surface area contributed by atoms with Crippen molar-refractivity contribution in [1.29, 1.82) is 0 Å². The Labute approximate surface area is 430 Å². The molecule has 1 aromatic carbocycles. The van der Waals surface area contributed by atoms with Crippen molar-refractivity contribution in [2.75, 3.05) is 19.6 Å². The van der Waals surface area contributed by atoms with Crippen LogP contribution in [0.3, 0.4) is 0 Å². The fourth-order valence-corrected chi connectivity index (χ4v) is 10.1. The van der Waals surface area contributed by atoms with Gasteiger partial charge in [-0.2, -0.15) is 0 Å². The number of nitrogens with zero attached hydrogens (tertiary/aromatic N) is 2. The summed E-state index contributed by atoms with van der Waals surface area (Å²) in [6.07, 6.45) is 1.30. The van der Waals surface area contributed by atoms with Gasteiger partial charge < -0.3 is 70.1 Å². The van der Waals surface area contributed by atoms with Crippen LogP contribution in [-0.2, 0) is 76.2 Å². The second kappa shape index (κ2) is 25.0. The Hall–Kier alpha value is -7.72. The largest absolute Gasteiger partial charge is 0.550 e. The molecule has 2 aromatic heterocycles. The van der Waals surface area contributed by atoms with Gasteiger partial charge in [0.2, 0.25) is 29.2 Å². The summed E-state index contributed by atoms with van der Waals surface area (Å²) in [6.45, 7) is 2.26. The predicted molar refractivity (Wildman–Crippen MR) is 255 cm³/mol. The van der Waals surface area contributed by atoms with E-state index in [2.05, 4.69) is 21.3 Å². The van der Waals surface area contributed by atoms with E-state index in [9.17, 15) is 73.2 Å². The number of esters is 2. The van der Waals surface area contributed by atoms with Gasteiger partial charge in [0.1, 0.15) is 13.2 Å². The van der Waals surface area contributed by atoms with Crippen molar-refractivity contribution in [3.05, 3.63) is 63.4 Å². The monoisotopic (exact) mass is 1040 g/mol. The molecule has 404 valence electrons. The Bertz CT molecular complexity index is 2790. The summed E-state index contributed by atoms with van der Waals surface area (Å²) in [5.41, 5.74) is 0.203.